The second-order valence-electron chi connectivity index (χ2n) is 4.66. The van der Waals surface area contributed by atoms with Crippen molar-refractivity contribution in [3.8, 4) is 0 Å². The van der Waals surface area contributed by atoms with Crippen molar-refractivity contribution in [3.05, 3.63) is 35.4 Å². The first-order valence-corrected chi connectivity index (χ1v) is 5.99. The van der Waals surface area contributed by atoms with Gasteiger partial charge in [0.2, 0.25) is 0 Å². The van der Waals surface area contributed by atoms with Gasteiger partial charge in [-0.05, 0) is 19.4 Å². The minimum Gasteiger partial charge on any atom is -0.300 e. The van der Waals surface area contributed by atoms with Crippen LogP contribution < -0.4 is 0 Å². The number of piperidine rings is 1. The van der Waals surface area contributed by atoms with Gasteiger partial charge in [0.25, 0.3) is 0 Å². The first kappa shape index (κ1) is 11.3. The summed E-state index contributed by atoms with van der Waals surface area (Å²) in [4.78, 5) is 13.6. The Hall–Kier alpha value is -1.15. The molecular weight excluding hydrogens is 198 g/mol. The maximum absolute atomic E-state index is 11.2. The molecule has 0 radical (unpaired) electrons. The normalized spacial score (nSPS) is 19.8. The van der Waals surface area contributed by atoms with Gasteiger partial charge < -0.3 is 0 Å². The molecule has 0 amide bonds. The number of carbonyl (C=O) groups is 1. The first-order valence-electron chi connectivity index (χ1n) is 5.99. The largest absolute Gasteiger partial charge is 0.300 e. The molecule has 1 aliphatic heterocycles. The lowest BCUT2D eigenvalue weighted by molar-refractivity contribution is -0.121. The molecule has 2 rings (SSSR count). The van der Waals surface area contributed by atoms with Crippen molar-refractivity contribution >= 4 is 5.78 Å². The molecule has 0 saturated carbocycles. The zero-order chi connectivity index (χ0) is 11.5. The van der Waals surface area contributed by atoms with Gasteiger partial charge in [0.15, 0.2) is 0 Å². The summed E-state index contributed by atoms with van der Waals surface area (Å²) in [5, 5.41) is 0. The Bertz CT molecular complexity index is 359. The molecule has 0 spiro atoms. The predicted octanol–water partition coefficient (Wildman–Crippen LogP) is 2.72. The van der Waals surface area contributed by atoms with Crippen LogP contribution >= 0.6 is 0 Å². The zero-order valence-corrected chi connectivity index (χ0v) is 10.1. The highest BCUT2D eigenvalue weighted by Crippen LogP contribution is 2.23. The van der Waals surface area contributed by atoms with Gasteiger partial charge in [0.05, 0.1) is 0 Å². The van der Waals surface area contributed by atoms with E-state index < -0.39 is 0 Å². The van der Waals surface area contributed by atoms with E-state index in [1.165, 1.54) is 11.1 Å². The Morgan fingerprint density at radius 3 is 2.25 bits per heavy atom. The van der Waals surface area contributed by atoms with Gasteiger partial charge in [-0.15, -0.1) is 0 Å². The molecule has 1 aromatic carbocycles. The van der Waals surface area contributed by atoms with Crippen LogP contribution in [0.3, 0.4) is 0 Å². The van der Waals surface area contributed by atoms with Crippen molar-refractivity contribution in [2.24, 2.45) is 0 Å². The molecule has 1 aliphatic rings. The second kappa shape index (κ2) is 4.79. The lowest BCUT2D eigenvalue weighted by Gasteiger charge is -2.32. The fraction of sp³-hybridized carbons (Fsp3) is 0.500. The first-order chi connectivity index (χ1) is 7.66. The summed E-state index contributed by atoms with van der Waals surface area (Å²) in [6, 6.07) is 9.11. The van der Waals surface area contributed by atoms with E-state index >= 15 is 0 Å². The molecule has 1 atom stereocenters. The number of aryl methyl sites for hydroxylation is 1. The van der Waals surface area contributed by atoms with Gasteiger partial charge in [-0.2, -0.15) is 0 Å². The molecule has 1 unspecified atom stereocenters. The van der Waals surface area contributed by atoms with Crippen molar-refractivity contribution in [1.29, 1.82) is 0 Å². The minimum atomic E-state index is 0.410. The molecular formula is C14H19NO. The number of benzene rings is 1. The van der Waals surface area contributed by atoms with E-state index in [4.69, 9.17) is 0 Å². The smallest absolute Gasteiger partial charge is 0.135 e. The SMILES string of the molecule is Cc1ccc(C(C)N2CCC(=O)CC2)cc1. The van der Waals surface area contributed by atoms with Gasteiger partial charge >= 0.3 is 0 Å². The fourth-order valence-electron chi connectivity index (χ4n) is 2.22. The summed E-state index contributed by atoms with van der Waals surface area (Å²) in [5.41, 5.74) is 2.64. The molecule has 0 bridgehead atoms. The van der Waals surface area contributed by atoms with E-state index in [-0.39, 0.29) is 0 Å². The van der Waals surface area contributed by atoms with Gasteiger partial charge in [0, 0.05) is 32.0 Å². The van der Waals surface area contributed by atoms with Crippen LogP contribution in [0, 0.1) is 6.92 Å². The molecule has 0 N–H and O–H groups in total. The molecule has 1 fully saturated rings. The molecule has 0 aromatic heterocycles. The van der Waals surface area contributed by atoms with Crippen molar-refractivity contribution in [1.82, 2.24) is 4.90 Å². The fourth-order valence-corrected chi connectivity index (χ4v) is 2.22. The van der Waals surface area contributed by atoms with Crippen LogP contribution in [-0.4, -0.2) is 23.8 Å². The summed E-state index contributed by atoms with van der Waals surface area (Å²) in [5.74, 6) is 0.410. The van der Waals surface area contributed by atoms with Crippen LogP contribution in [0.25, 0.3) is 0 Å². The maximum Gasteiger partial charge on any atom is 0.135 e. The third-order valence-corrected chi connectivity index (χ3v) is 3.46. The van der Waals surface area contributed by atoms with Crippen LogP contribution in [0.15, 0.2) is 24.3 Å². The molecule has 16 heavy (non-hydrogen) atoms. The number of hydrogen-bond donors (Lipinski definition) is 0. The topological polar surface area (TPSA) is 20.3 Å². The lowest BCUT2D eigenvalue weighted by Crippen LogP contribution is -2.35. The quantitative estimate of drug-likeness (QED) is 0.759. The maximum atomic E-state index is 11.2. The summed E-state index contributed by atoms with van der Waals surface area (Å²) in [6.45, 7) is 6.15. The van der Waals surface area contributed by atoms with E-state index in [0.29, 0.717) is 11.8 Å². The monoisotopic (exact) mass is 217 g/mol. The molecule has 2 nitrogen and oxygen atoms in total. The second-order valence-corrected chi connectivity index (χ2v) is 4.66. The number of likely N-dealkylation sites (tertiary alicyclic amines) is 1. The number of ketones is 1. The van der Waals surface area contributed by atoms with Gasteiger partial charge in [-0.3, -0.25) is 9.69 Å². The van der Waals surface area contributed by atoms with Crippen LogP contribution in [0.2, 0.25) is 0 Å². The van der Waals surface area contributed by atoms with Crippen LogP contribution in [0.5, 0.6) is 0 Å². The number of Topliss-reactive ketones (excluding diaryl/α,β-unsaturated/α-hetero) is 1. The highest BCUT2D eigenvalue weighted by Gasteiger charge is 2.21. The average molecular weight is 217 g/mol. The Morgan fingerprint density at radius 1 is 1.12 bits per heavy atom. The predicted molar refractivity (Wildman–Crippen MR) is 65.4 cm³/mol. The summed E-state index contributed by atoms with van der Waals surface area (Å²) in [7, 11) is 0. The summed E-state index contributed by atoms with van der Waals surface area (Å²) >= 11 is 0. The van der Waals surface area contributed by atoms with E-state index in [1.54, 1.807) is 0 Å². The number of carbonyl (C=O) groups excluding carboxylic acids is 1. The molecule has 86 valence electrons. The van der Waals surface area contributed by atoms with E-state index in [2.05, 4.69) is 43.0 Å². The van der Waals surface area contributed by atoms with Crippen molar-refractivity contribution in [3.63, 3.8) is 0 Å². The van der Waals surface area contributed by atoms with Gasteiger partial charge in [-0.1, -0.05) is 29.8 Å². The van der Waals surface area contributed by atoms with Crippen molar-refractivity contribution in [2.75, 3.05) is 13.1 Å². The standard InChI is InChI=1S/C14H19NO/c1-11-3-5-13(6-4-11)12(2)15-9-7-14(16)8-10-15/h3-6,12H,7-10H2,1-2H3. The summed E-state index contributed by atoms with van der Waals surface area (Å²) in [6.07, 6.45) is 1.44. The van der Waals surface area contributed by atoms with E-state index in [9.17, 15) is 4.79 Å². The van der Waals surface area contributed by atoms with Crippen LogP contribution in [0.1, 0.15) is 36.9 Å². The van der Waals surface area contributed by atoms with Crippen LogP contribution in [0.4, 0.5) is 0 Å². The molecule has 2 heteroatoms. The number of nitrogens with zero attached hydrogens (tertiary/aromatic N) is 1. The highest BCUT2D eigenvalue weighted by molar-refractivity contribution is 5.79. The van der Waals surface area contributed by atoms with Gasteiger partial charge in [0.1, 0.15) is 5.78 Å². The Balaban J connectivity index is 2.04. The highest BCUT2D eigenvalue weighted by atomic mass is 16.1. The zero-order valence-electron chi connectivity index (χ0n) is 10.1. The third kappa shape index (κ3) is 2.50. The number of rotatable bonds is 2. The van der Waals surface area contributed by atoms with Crippen LogP contribution in [-0.2, 0) is 4.79 Å². The average Bonchev–Trinajstić information content (AvgIpc) is 2.30. The van der Waals surface area contributed by atoms with Crippen molar-refractivity contribution < 1.29 is 4.79 Å². The lowest BCUT2D eigenvalue weighted by atomic mass is 10.0. The minimum absolute atomic E-state index is 0.410. The third-order valence-electron chi connectivity index (χ3n) is 3.46. The summed E-state index contributed by atoms with van der Waals surface area (Å²) < 4.78 is 0. The van der Waals surface area contributed by atoms with Crippen molar-refractivity contribution in [2.45, 2.75) is 32.7 Å². The Kier molecular flexibility index (Phi) is 3.39. The molecule has 1 aromatic rings. The van der Waals surface area contributed by atoms with Gasteiger partial charge in [-0.25, -0.2) is 0 Å². The van der Waals surface area contributed by atoms with E-state index in [0.717, 1.165) is 25.9 Å². The molecule has 0 aliphatic carbocycles. The molecule has 1 heterocycles. The Morgan fingerprint density at radius 2 is 1.69 bits per heavy atom. The molecule has 1 saturated heterocycles. The Labute approximate surface area is 97.3 Å². The van der Waals surface area contributed by atoms with E-state index in [1.807, 2.05) is 0 Å². The number of hydrogen-bond acceptors (Lipinski definition) is 2.